The molecule has 0 spiro atoms. The predicted octanol–water partition coefficient (Wildman–Crippen LogP) is 3.19. The molecule has 1 amide bonds. The van der Waals surface area contributed by atoms with Gasteiger partial charge in [-0.05, 0) is 30.9 Å². The Morgan fingerprint density at radius 3 is 2.75 bits per heavy atom. The molecule has 16 heavy (non-hydrogen) atoms. The third-order valence-electron chi connectivity index (χ3n) is 2.59. The van der Waals surface area contributed by atoms with Crippen molar-refractivity contribution in [3.05, 3.63) is 35.4 Å². The van der Waals surface area contributed by atoms with Gasteiger partial charge in [0.25, 0.3) is 0 Å². The van der Waals surface area contributed by atoms with Crippen molar-refractivity contribution in [3.8, 4) is 0 Å². The van der Waals surface area contributed by atoms with Gasteiger partial charge in [0, 0.05) is 0 Å². The molecular weight excluding hydrogens is 202 g/mol. The number of primary amides is 1. The number of rotatable bonds is 5. The summed E-state index contributed by atoms with van der Waals surface area (Å²) in [6, 6.07) is 8.02. The van der Waals surface area contributed by atoms with E-state index < -0.39 is 6.09 Å². The minimum absolute atomic E-state index is 0.273. The number of hydrogen-bond acceptors (Lipinski definition) is 2. The van der Waals surface area contributed by atoms with Gasteiger partial charge in [-0.1, -0.05) is 37.6 Å². The van der Waals surface area contributed by atoms with Crippen molar-refractivity contribution >= 4 is 6.09 Å². The lowest BCUT2D eigenvalue weighted by molar-refractivity contribution is 0.116. The summed E-state index contributed by atoms with van der Waals surface area (Å²) in [7, 11) is 0. The molecule has 1 atom stereocenters. The second kappa shape index (κ2) is 6.16. The number of aryl methyl sites for hydroxylation is 1. The van der Waals surface area contributed by atoms with Crippen LogP contribution in [0.5, 0.6) is 0 Å². The van der Waals surface area contributed by atoms with Crippen LogP contribution in [0.4, 0.5) is 4.79 Å². The molecule has 0 bridgehead atoms. The molecule has 0 radical (unpaired) electrons. The molecule has 0 aliphatic carbocycles. The smallest absolute Gasteiger partial charge is 0.405 e. The van der Waals surface area contributed by atoms with Crippen LogP contribution in [0, 0.1) is 0 Å². The predicted molar refractivity (Wildman–Crippen MR) is 64.1 cm³/mol. The average molecular weight is 221 g/mol. The molecule has 0 aliphatic heterocycles. The molecule has 1 aromatic rings. The minimum Gasteiger partial charge on any atom is -0.442 e. The summed E-state index contributed by atoms with van der Waals surface area (Å²) in [6.45, 7) is 4.00. The van der Waals surface area contributed by atoms with Gasteiger partial charge in [-0.15, -0.1) is 0 Å². The molecule has 1 unspecified atom stereocenters. The molecule has 0 fully saturated rings. The van der Waals surface area contributed by atoms with Crippen LogP contribution in [-0.4, -0.2) is 6.09 Å². The monoisotopic (exact) mass is 221 g/mol. The Bertz CT molecular complexity index is 350. The minimum atomic E-state index is -0.724. The Labute approximate surface area is 96.6 Å². The van der Waals surface area contributed by atoms with Crippen LogP contribution in [-0.2, 0) is 11.2 Å². The molecule has 3 heteroatoms. The number of unbranched alkanes of at least 4 members (excludes halogenated alkanes) is 1. The Morgan fingerprint density at radius 2 is 2.12 bits per heavy atom. The first kappa shape index (κ1) is 12.6. The summed E-state index contributed by atoms with van der Waals surface area (Å²) >= 11 is 0. The number of ether oxygens (including phenoxy) is 1. The maximum absolute atomic E-state index is 10.7. The molecule has 0 aliphatic rings. The lowest BCUT2D eigenvalue weighted by Gasteiger charge is -2.15. The quantitative estimate of drug-likeness (QED) is 0.830. The fraction of sp³-hybridized carbons (Fsp3) is 0.462. The number of carbonyl (C=O) groups is 1. The zero-order valence-electron chi connectivity index (χ0n) is 9.90. The fourth-order valence-electron chi connectivity index (χ4n) is 1.76. The van der Waals surface area contributed by atoms with Crippen molar-refractivity contribution in [2.75, 3.05) is 0 Å². The fourth-order valence-corrected chi connectivity index (χ4v) is 1.76. The van der Waals surface area contributed by atoms with Crippen molar-refractivity contribution in [3.63, 3.8) is 0 Å². The van der Waals surface area contributed by atoms with Crippen molar-refractivity contribution in [2.24, 2.45) is 5.73 Å². The van der Waals surface area contributed by atoms with Crippen LogP contribution in [0.1, 0.15) is 43.9 Å². The van der Waals surface area contributed by atoms with Gasteiger partial charge < -0.3 is 10.5 Å². The number of amides is 1. The van der Waals surface area contributed by atoms with E-state index in [2.05, 4.69) is 13.0 Å². The lowest BCUT2D eigenvalue weighted by Crippen LogP contribution is -2.16. The molecule has 1 aromatic carbocycles. The highest BCUT2D eigenvalue weighted by Gasteiger charge is 2.12. The van der Waals surface area contributed by atoms with E-state index in [4.69, 9.17) is 10.5 Å². The molecular formula is C13H19NO2. The lowest BCUT2D eigenvalue weighted by atomic mass is 9.99. The van der Waals surface area contributed by atoms with Crippen LogP contribution in [0.2, 0.25) is 0 Å². The second-order valence-electron chi connectivity index (χ2n) is 3.88. The standard InChI is InChI=1S/C13H19NO2/c1-3-4-7-11-8-5-6-9-12(11)10(2)16-13(14)15/h5-6,8-10H,3-4,7H2,1-2H3,(H2,14,15). The first-order valence-corrected chi connectivity index (χ1v) is 5.69. The van der Waals surface area contributed by atoms with E-state index in [1.807, 2.05) is 25.1 Å². The van der Waals surface area contributed by atoms with E-state index in [9.17, 15) is 4.79 Å². The largest absolute Gasteiger partial charge is 0.442 e. The molecule has 2 N–H and O–H groups in total. The molecule has 0 heterocycles. The maximum Gasteiger partial charge on any atom is 0.405 e. The normalized spacial score (nSPS) is 12.1. The molecule has 88 valence electrons. The average Bonchev–Trinajstić information content (AvgIpc) is 2.25. The van der Waals surface area contributed by atoms with Gasteiger partial charge in [-0.25, -0.2) is 4.79 Å². The van der Waals surface area contributed by atoms with E-state index in [-0.39, 0.29) is 6.10 Å². The van der Waals surface area contributed by atoms with E-state index >= 15 is 0 Å². The van der Waals surface area contributed by atoms with E-state index in [1.165, 1.54) is 5.56 Å². The summed E-state index contributed by atoms with van der Waals surface area (Å²) in [5.41, 5.74) is 7.30. The van der Waals surface area contributed by atoms with Crippen LogP contribution in [0.3, 0.4) is 0 Å². The summed E-state index contributed by atoms with van der Waals surface area (Å²) in [6.07, 6.45) is 2.31. The van der Waals surface area contributed by atoms with Gasteiger partial charge in [0.05, 0.1) is 0 Å². The number of benzene rings is 1. The SMILES string of the molecule is CCCCc1ccccc1C(C)OC(N)=O. The van der Waals surface area contributed by atoms with Crippen LogP contribution in [0.25, 0.3) is 0 Å². The van der Waals surface area contributed by atoms with Crippen molar-refractivity contribution in [1.29, 1.82) is 0 Å². The van der Waals surface area contributed by atoms with Crippen LogP contribution >= 0.6 is 0 Å². The maximum atomic E-state index is 10.7. The molecule has 0 saturated carbocycles. The highest BCUT2D eigenvalue weighted by molar-refractivity contribution is 5.65. The third kappa shape index (κ3) is 3.57. The van der Waals surface area contributed by atoms with E-state index in [1.54, 1.807) is 0 Å². The first-order valence-electron chi connectivity index (χ1n) is 5.69. The first-order chi connectivity index (χ1) is 7.65. The Kier molecular flexibility index (Phi) is 4.83. The number of carbonyl (C=O) groups excluding carboxylic acids is 1. The number of hydrogen-bond donors (Lipinski definition) is 1. The summed E-state index contributed by atoms with van der Waals surface area (Å²) in [4.78, 5) is 10.7. The summed E-state index contributed by atoms with van der Waals surface area (Å²) in [5, 5.41) is 0. The molecule has 1 rings (SSSR count). The highest BCUT2D eigenvalue weighted by atomic mass is 16.6. The van der Waals surface area contributed by atoms with Gasteiger partial charge in [0.2, 0.25) is 0 Å². The van der Waals surface area contributed by atoms with Crippen LogP contribution in [0.15, 0.2) is 24.3 Å². The summed E-state index contributed by atoms with van der Waals surface area (Å²) in [5.74, 6) is 0. The summed E-state index contributed by atoms with van der Waals surface area (Å²) < 4.78 is 5.00. The molecule has 3 nitrogen and oxygen atoms in total. The third-order valence-corrected chi connectivity index (χ3v) is 2.59. The molecule has 0 saturated heterocycles. The topological polar surface area (TPSA) is 52.3 Å². The zero-order valence-corrected chi connectivity index (χ0v) is 9.90. The van der Waals surface area contributed by atoms with E-state index in [0.717, 1.165) is 24.8 Å². The van der Waals surface area contributed by atoms with Gasteiger partial charge >= 0.3 is 6.09 Å². The van der Waals surface area contributed by atoms with Gasteiger partial charge in [0.15, 0.2) is 0 Å². The van der Waals surface area contributed by atoms with Crippen molar-refractivity contribution in [2.45, 2.75) is 39.2 Å². The Morgan fingerprint density at radius 1 is 1.44 bits per heavy atom. The van der Waals surface area contributed by atoms with Crippen molar-refractivity contribution < 1.29 is 9.53 Å². The Hall–Kier alpha value is -1.51. The number of nitrogens with two attached hydrogens (primary N) is 1. The van der Waals surface area contributed by atoms with Gasteiger partial charge in [0.1, 0.15) is 6.10 Å². The van der Waals surface area contributed by atoms with Gasteiger partial charge in [-0.2, -0.15) is 0 Å². The zero-order chi connectivity index (χ0) is 12.0. The molecule has 0 aromatic heterocycles. The van der Waals surface area contributed by atoms with E-state index in [0.29, 0.717) is 0 Å². The second-order valence-corrected chi connectivity index (χ2v) is 3.88. The van der Waals surface area contributed by atoms with Crippen molar-refractivity contribution in [1.82, 2.24) is 0 Å². The highest BCUT2D eigenvalue weighted by Crippen LogP contribution is 2.22. The van der Waals surface area contributed by atoms with Gasteiger partial charge in [-0.3, -0.25) is 0 Å². The van der Waals surface area contributed by atoms with Crippen LogP contribution < -0.4 is 5.73 Å². The Balaban J connectivity index is 2.80.